The molecule has 2 aromatic rings. The summed E-state index contributed by atoms with van der Waals surface area (Å²) in [5.74, 6) is -1.11. The standard InChI is InChI=1S/C19H20N2O7/c1-12(28-19(23)14-6-4-5-13(9-14)11-26-2)18(22)20-16-8-7-15(27-3)10-17(16)21(24)25/h4-10,12H,11H2,1-3H3,(H,20,22)/t12-/m1/s1. The molecule has 1 atom stereocenters. The molecule has 0 saturated heterocycles. The van der Waals surface area contributed by atoms with E-state index in [4.69, 9.17) is 14.2 Å². The number of esters is 1. The van der Waals surface area contributed by atoms with Crippen LogP contribution in [0.15, 0.2) is 42.5 Å². The molecule has 0 aromatic heterocycles. The van der Waals surface area contributed by atoms with Crippen molar-refractivity contribution in [3.05, 3.63) is 63.7 Å². The third-order valence-electron chi connectivity index (χ3n) is 3.79. The minimum absolute atomic E-state index is 0.0270. The number of nitrogens with one attached hydrogen (secondary N) is 1. The van der Waals surface area contributed by atoms with E-state index in [0.29, 0.717) is 6.61 Å². The van der Waals surface area contributed by atoms with Gasteiger partial charge in [-0.2, -0.15) is 0 Å². The fourth-order valence-electron chi connectivity index (χ4n) is 2.37. The largest absolute Gasteiger partial charge is 0.496 e. The number of nitrogens with zero attached hydrogens (tertiary/aromatic N) is 1. The first-order chi connectivity index (χ1) is 13.3. The zero-order valence-electron chi connectivity index (χ0n) is 15.6. The molecule has 0 aliphatic rings. The summed E-state index contributed by atoms with van der Waals surface area (Å²) >= 11 is 0. The molecule has 0 saturated carbocycles. The normalized spacial score (nSPS) is 11.4. The zero-order valence-corrected chi connectivity index (χ0v) is 15.6. The number of methoxy groups -OCH3 is 2. The molecule has 2 aromatic carbocycles. The molecule has 148 valence electrons. The predicted octanol–water partition coefficient (Wildman–Crippen LogP) is 2.93. The van der Waals surface area contributed by atoms with E-state index in [0.717, 1.165) is 5.56 Å². The highest BCUT2D eigenvalue weighted by Gasteiger charge is 2.23. The van der Waals surface area contributed by atoms with Gasteiger partial charge in [0, 0.05) is 7.11 Å². The lowest BCUT2D eigenvalue weighted by Crippen LogP contribution is -2.30. The molecular formula is C19H20N2O7. The van der Waals surface area contributed by atoms with E-state index >= 15 is 0 Å². The van der Waals surface area contributed by atoms with Gasteiger partial charge in [-0.3, -0.25) is 14.9 Å². The van der Waals surface area contributed by atoms with E-state index in [1.54, 1.807) is 24.3 Å². The van der Waals surface area contributed by atoms with Crippen LogP contribution in [0.1, 0.15) is 22.8 Å². The Hall–Kier alpha value is -3.46. The minimum Gasteiger partial charge on any atom is -0.496 e. The molecule has 0 heterocycles. The van der Waals surface area contributed by atoms with Gasteiger partial charge in [-0.05, 0) is 36.8 Å². The summed E-state index contributed by atoms with van der Waals surface area (Å²) in [6.45, 7) is 1.71. The van der Waals surface area contributed by atoms with E-state index < -0.39 is 22.9 Å². The highest BCUT2D eigenvalue weighted by atomic mass is 16.6. The molecule has 0 aliphatic carbocycles. The average Bonchev–Trinajstić information content (AvgIpc) is 2.68. The third-order valence-corrected chi connectivity index (χ3v) is 3.79. The van der Waals surface area contributed by atoms with Gasteiger partial charge in [0.25, 0.3) is 11.6 Å². The molecule has 9 heteroatoms. The van der Waals surface area contributed by atoms with Crippen LogP contribution in [0, 0.1) is 10.1 Å². The summed E-state index contributed by atoms with van der Waals surface area (Å²) in [5.41, 5.74) is 0.687. The number of anilines is 1. The van der Waals surface area contributed by atoms with Gasteiger partial charge in [0.15, 0.2) is 6.10 Å². The Morgan fingerprint density at radius 2 is 1.93 bits per heavy atom. The van der Waals surface area contributed by atoms with Crippen LogP contribution in [0.4, 0.5) is 11.4 Å². The molecule has 0 unspecified atom stereocenters. The fraction of sp³-hybridized carbons (Fsp3) is 0.263. The van der Waals surface area contributed by atoms with Gasteiger partial charge in [0.1, 0.15) is 11.4 Å². The van der Waals surface area contributed by atoms with E-state index in [9.17, 15) is 19.7 Å². The molecule has 0 radical (unpaired) electrons. The third kappa shape index (κ3) is 5.27. The number of benzene rings is 2. The van der Waals surface area contributed by atoms with E-state index in [2.05, 4.69) is 5.32 Å². The van der Waals surface area contributed by atoms with Crippen LogP contribution < -0.4 is 10.1 Å². The Labute approximate surface area is 161 Å². The van der Waals surface area contributed by atoms with Gasteiger partial charge >= 0.3 is 5.97 Å². The first kappa shape index (κ1) is 20.8. The summed E-state index contributed by atoms with van der Waals surface area (Å²) in [7, 11) is 2.91. The first-order valence-corrected chi connectivity index (χ1v) is 8.28. The Morgan fingerprint density at radius 1 is 1.18 bits per heavy atom. The van der Waals surface area contributed by atoms with E-state index in [-0.39, 0.29) is 22.7 Å². The number of hydrogen-bond donors (Lipinski definition) is 1. The van der Waals surface area contributed by atoms with Crippen molar-refractivity contribution in [2.24, 2.45) is 0 Å². The summed E-state index contributed by atoms with van der Waals surface area (Å²) < 4.78 is 15.1. The van der Waals surface area contributed by atoms with E-state index in [1.165, 1.54) is 39.3 Å². The number of nitro benzene ring substituents is 1. The van der Waals surface area contributed by atoms with Gasteiger partial charge in [-0.25, -0.2) is 4.79 Å². The van der Waals surface area contributed by atoms with Crippen molar-refractivity contribution in [2.75, 3.05) is 19.5 Å². The second-order valence-corrected chi connectivity index (χ2v) is 5.81. The molecule has 28 heavy (non-hydrogen) atoms. The molecule has 0 bridgehead atoms. The molecule has 9 nitrogen and oxygen atoms in total. The van der Waals surface area contributed by atoms with E-state index in [1.807, 2.05) is 0 Å². The SMILES string of the molecule is COCc1cccc(C(=O)O[C@H](C)C(=O)Nc2ccc(OC)cc2[N+](=O)[O-])c1. The lowest BCUT2D eigenvalue weighted by atomic mass is 10.1. The molecule has 0 fully saturated rings. The molecule has 1 amide bonds. The van der Waals surface area contributed by atoms with Crippen LogP contribution in [-0.2, 0) is 20.9 Å². The number of ether oxygens (including phenoxy) is 3. The maximum atomic E-state index is 12.3. The number of nitro groups is 1. The lowest BCUT2D eigenvalue weighted by molar-refractivity contribution is -0.384. The molecular weight excluding hydrogens is 368 g/mol. The lowest BCUT2D eigenvalue weighted by Gasteiger charge is -2.14. The second kappa shape index (κ2) is 9.47. The Morgan fingerprint density at radius 3 is 2.57 bits per heavy atom. The van der Waals surface area contributed by atoms with Crippen molar-refractivity contribution >= 4 is 23.3 Å². The molecule has 0 spiro atoms. The Bertz CT molecular complexity index is 882. The predicted molar refractivity (Wildman–Crippen MR) is 100 cm³/mol. The first-order valence-electron chi connectivity index (χ1n) is 8.28. The van der Waals surface area contributed by atoms with Gasteiger partial charge in [-0.1, -0.05) is 12.1 Å². The quantitative estimate of drug-likeness (QED) is 0.420. The average molecular weight is 388 g/mol. The number of carbonyl (C=O) groups excluding carboxylic acids is 2. The molecule has 2 rings (SSSR count). The van der Waals surface area contributed by atoms with Crippen molar-refractivity contribution in [3.8, 4) is 5.75 Å². The summed E-state index contributed by atoms with van der Waals surface area (Å²) in [6, 6.07) is 10.6. The number of rotatable bonds is 8. The monoisotopic (exact) mass is 388 g/mol. The number of carbonyl (C=O) groups is 2. The zero-order chi connectivity index (χ0) is 20.7. The maximum absolute atomic E-state index is 12.3. The Balaban J connectivity index is 2.08. The van der Waals surface area contributed by atoms with Crippen LogP contribution in [0.5, 0.6) is 5.75 Å². The second-order valence-electron chi connectivity index (χ2n) is 5.81. The van der Waals surface area contributed by atoms with Crippen LogP contribution >= 0.6 is 0 Å². The van der Waals surface area contributed by atoms with Crippen molar-refractivity contribution in [1.82, 2.24) is 0 Å². The van der Waals surface area contributed by atoms with Gasteiger partial charge in [0.2, 0.25) is 0 Å². The van der Waals surface area contributed by atoms with Crippen LogP contribution in [0.25, 0.3) is 0 Å². The van der Waals surface area contributed by atoms with Crippen molar-refractivity contribution in [2.45, 2.75) is 19.6 Å². The van der Waals surface area contributed by atoms with Gasteiger partial charge in [-0.15, -0.1) is 0 Å². The van der Waals surface area contributed by atoms with Crippen molar-refractivity contribution in [3.63, 3.8) is 0 Å². The van der Waals surface area contributed by atoms with Crippen LogP contribution in [0.3, 0.4) is 0 Å². The smallest absolute Gasteiger partial charge is 0.338 e. The van der Waals surface area contributed by atoms with Crippen LogP contribution in [0.2, 0.25) is 0 Å². The Kier molecular flexibility index (Phi) is 7.05. The van der Waals surface area contributed by atoms with Crippen LogP contribution in [-0.4, -0.2) is 37.1 Å². The highest BCUT2D eigenvalue weighted by molar-refractivity contribution is 5.98. The van der Waals surface area contributed by atoms with Crippen molar-refractivity contribution < 1.29 is 28.7 Å². The summed E-state index contributed by atoms with van der Waals surface area (Å²) in [5, 5.41) is 13.6. The highest BCUT2D eigenvalue weighted by Crippen LogP contribution is 2.29. The number of hydrogen-bond acceptors (Lipinski definition) is 7. The number of amides is 1. The van der Waals surface area contributed by atoms with Gasteiger partial charge < -0.3 is 19.5 Å². The van der Waals surface area contributed by atoms with Crippen molar-refractivity contribution in [1.29, 1.82) is 0 Å². The van der Waals surface area contributed by atoms with Gasteiger partial charge in [0.05, 0.1) is 30.3 Å². The summed E-state index contributed by atoms with van der Waals surface area (Å²) in [4.78, 5) is 35.1. The minimum atomic E-state index is -1.17. The summed E-state index contributed by atoms with van der Waals surface area (Å²) in [6.07, 6.45) is -1.17. The maximum Gasteiger partial charge on any atom is 0.338 e. The fourth-order valence-corrected chi connectivity index (χ4v) is 2.37. The topological polar surface area (TPSA) is 117 Å². The molecule has 0 aliphatic heterocycles. The molecule has 1 N–H and O–H groups in total.